The fourth-order valence-corrected chi connectivity index (χ4v) is 4.85. The van der Waals surface area contributed by atoms with Crippen LogP contribution in [0, 0.1) is 11.3 Å². The van der Waals surface area contributed by atoms with Crippen molar-refractivity contribution in [1.82, 2.24) is 4.90 Å². The van der Waals surface area contributed by atoms with Gasteiger partial charge in [0.25, 0.3) is 0 Å². The summed E-state index contributed by atoms with van der Waals surface area (Å²) in [6.45, 7) is 5.11. The molecule has 0 amide bonds. The van der Waals surface area contributed by atoms with Gasteiger partial charge in [0, 0.05) is 13.1 Å². The molecule has 4 rings (SSSR count). The molecule has 1 aliphatic heterocycles. The number of hydrogen-bond donors (Lipinski definition) is 0. The fraction of sp³-hybridized carbons (Fsp3) is 0.429. The Labute approximate surface area is 200 Å². The van der Waals surface area contributed by atoms with E-state index in [1.54, 1.807) is 6.07 Å². The van der Waals surface area contributed by atoms with Crippen LogP contribution in [0.25, 0.3) is 5.83 Å². The maximum atomic E-state index is 14.1. The molecule has 1 saturated heterocycles. The van der Waals surface area contributed by atoms with Crippen LogP contribution in [0.4, 0.5) is 4.39 Å². The van der Waals surface area contributed by atoms with Crippen LogP contribution >= 0.6 is 0 Å². The quantitative estimate of drug-likeness (QED) is 0.482. The Hall–Kier alpha value is -3.17. The molecule has 1 aliphatic carbocycles. The summed E-state index contributed by atoms with van der Waals surface area (Å²) in [4.78, 5) is 14.3. The zero-order chi connectivity index (χ0) is 24.0. The molecule has 2 aliphatic rings. The second-order valence-electron chi connectivity index (χ2n) is 9.26. The topological polar surface area (TPSA) is 62.6 Å². The molecule has 1 saturated carbocycles. The van der Waals surface area contributed by atoms with Crippen LogP contribution in [0.15, 0.2) is 55.1 Å². The third-order valence-corrected chi connectivity index (χ3v) is 6.94. The molecule has 2 aromatic carbocycles. The van der Waals surface area contributed by atoms with Crippen LogP contribution in [0.1, 0.15) is 55.2 Å². The molecular formula is C28H31FN2O3. The Balaban J connectivity index is 1.39. The number of nitrogens with zero attached hydrogens (tertiary/aromatic N) is 2. The van der Waals surface area contributed by atoms with Crippen molar-refractivity contribution in [1.29, 1.82) is 5.26 Å². The Kier molecular flexibility index (Phi) is 7.64. The summed E-state index contributed by atoms with van der Waals surface area (Å²) in [6.07, 6.45) is 5.38. The van der Waals surface area contributed by atoms with Crippen molar-refractivity contribution in [2.75, 3.05) is 19.6 Å². The number of esters is 1. The van der Waals surface area contributed by atoms with Gasteiger partial charge in [-0.15, -0.1) is 0 Å². The number of carbonyl (C=O) groups excluding carboxylic acids is 1. The summed E-state index contributed by atoms with van der Waals surface area (Å²) in [5.74, 6) is -0.334. The zero-order valence-electron chi connectivity index (χ0n) is 19.5. The molecule has 6 heteroatoms. The first kappa shape index (κ1) is 24.0. The van der Waals surface area contributed by atoms with Crippen LogP contribution in [-0.2, 0) is 21.6 Å². The molecular weight excluding hydrogens is 431 g/mol. The number of carbonyl (C=O) groups is 1. The lowest BCUT2D eigenvalue weighted by molar-refractivity contribution is -0.146. The van der Waals surface area contributed by atoms with Gasteiger partial charge in [0.05, 0.1) is 29.7 Å². The molecule has 0 atom stereocenters. The van der Waals surface area contributed by atoms with Crippen molar-refractivity contribution in [3.63, 3.8) is 0 Å². The number of piperidine rings is 1. The molecule has 0 radical (unpaired) electrons. The van der Waals surface area contributed by atoms with Crippen LogP contribution in [0.2, 0.25) is 0 Å². The van der Waals surface area contributed by atoms with Gasteiger partial charge in [-0.05, 0) is 61.8 Å². The summed E-state index contributed by atoms with van der Waals surface area (Å²) in [5, 5.41) is 10.1. The van der Waals surface area contributed by atoms with Crippen molar-refractivity contribution >= 4 is 11.8 Å². The minimum absolute atomic E-state index is 0.0788. The van der Waals surface area contributed by atoms with E-state index < -0.39 is 11.2 Å². The molecule has 5 nitrogen and oxygen atoms in total. The van der Waals surface area contributed by atoms with E-state index in [-0.39, 0.29) is 25.2 Å². The molecule has 0 unspecified atom stereocenters. The first-order valence-electron chi connectivity index (χ1n) is 12.0. The molecule has 2 fully saturated rings. The van der Waals surface area contributed by atoms with Crippen LogP contribution in [-0.4, -0.2) is 36.6 Å². The van der Waals surface area contributed by atoms with Crippen LogP contribution in [0.3, 0.4) is 0 Å². The number of rotatable bonds is 8. The Morgan fingerprint density at radius 3 is 2.50 bits per heavy atom. The highest BCUT2D eigenvalue weighted by atomic mass is 19.1. The molecule has 0 bridgehead atoms. The number of nitriles is 1. The smallest absolute Gasteiger partial charge is 0.320 e. The largest absolute Gasteiger partial charge is 0.490 e. The molecule has 0 spiro atoms. The van der Waals surface area contributed by atoms with Gasteiger partial charge in [0.2, 0.25) is 0 Å². The Bertz CT molecular complexity index is 1050. The minimum atomic E-state index is -0.700. The average molecular weight is 463 g/mol. The SMILES string of the molecule is C=C(F)c1ccc(C2(C#N)CCN(CC(=O)OCc3ccccc3)CC2)cc1OC1CCCC1. The monoisotopic (exact) mass is 462 g/mol. The molecule has 178 valence electrons. The minimum Gasteiger partial charge on any atom is -0.490 e. The van der Waals surface area contributed by atoms with Gasteiger partial charge >= 0.3 is 5.97 Å². The van der Waals surface area contributed by atoms with E-state index in [2.05, 4.69) is 12.6 Å². The van der Waals surface area contributed by atoms with Crippen molar-refractivity contribution in [3.8, 4) is 11.8 Å². The standard InChI is InChI=1S/C28H31FN2O3/c1-21(29)25-12-11-23(17-26(25)34-24-9-5-6-10-24)28(20-30)13-15-31(16-14-28)18-27(32)33-19-22-7-3-2-4-8-22/h2-4,7-8,11-12,17,24H,1,5-6,9-10,13-16,18-19H2. The number of ether oxygens (including phenoxy) is 2. The van der Waals surface area contributed by atoms with Gasteiger partial charge < -0.3 is 9.47 Å². The molecule has 0 N–H and O–H groups in total. The van der Waals surface area contributed by atoms with Gasteiger partial charge in [0.1, 0.15) is 18.2 Å². The molecule has 2 aromatic rings. The summed E-state index contributed by atoms with van der Waals surface area (Å²) in [5.41, 5.74) is 1.43. The van der Waals surface area contributed by atoms with E-state index in [4.69, 9.17) is 9.47 Å². The summed E-state index contributed by atoms with van der Waals surface area (Å²) in [6, 6.07) is 17.4. The average Bonchev–Trinajstić information content (AvgIpc) is 3.37. The maximum Gasteiger partial charge on any atom is 0.320 e. The predicted molar refractivity (Wildman–Crippen MR) is 129 cm³/mol. The van der Waals surface area contributed by atoms with E-state index in [0.717, 1.165) is 36.8 Å². The lowest BCUT2D eigenvalue weighted by Gasteiger charge is -2.37. The Morgan fingerprint density at radius 1 is 1.15 bits per heavy atom. The van der Waals surface area contributed by atoms with Gasteiger partial charge in [0.15, 0.2) is 0 Å². The highest BCUT2D eigenvalue weighted by molar-refractivity contribution is 5.71. The first-order valence-corrected chi connectivity index (χ1v) is 12.0. The van der Waals surface area contributed by atoms with E-state index >= 15 is 0 Å². The van der Waals surface area contributed by atoms with Crippen molar-refractivity contribution < 1.29 is 18.7 Å². The van der Waals surface area contributed by atoms with Crippen LogP contribution < -0.4 is 4.74 Å². The van der Waals surface area contributed by atoms with E-state index in [1.807, 2.05) is 47.4 Å². The molecule has 1 heterocycles. The second-order valence-corrected chi connectivity index (χ2v) is 9.26. The normalized spacial score (nSPS) is 18.2. The highest BCUT2D eigenvalue weighted by Crippen LogP contribution is 2.39. The first-order chi connectivity index (χ1) is 16.5. The predicted octanol–water partition coefficient (Wildman–Crippen LogP) is 5.55. The highest BCUT2D eigenvalue weighted by Gasteiger charge is 2.38. The number of hydrogen-bond acceptors (Lipinski definition) is 5. The number of benzene rings is 2. The van der Waals surface area contributed by atoms with E-state index in [9.17, 15) is 14.4 Å². The summed E-state index contributed by atoms with van der Waals surface area (Å²) in [7, 11) is 0. The third-order valence-electron chi connectivity index (χ3n) is 6.94. The summed E-state index contributed by atoms with van der Waals surface area (Å²) < 4.78 is 25.6. The van der Waals surface area contributed by atoms with Crippen molar-refractivity contribution in [2.24, 2.45) is 0 Å². The molecule has 34 heavy (non-hydrogen) atoms. The lowest BCUT2D eigenvalue weighted by Crippen LogP contribution is -2.44. The van der Waals surface area contributed by atoms with Gasteiger partial charge in [-0.2, -0.15) is 5.26 Å². The van der Waals surface area contributed by atoms with Gasteiger partial charge in [-0.25, -0.2) is 4.39 Å². The van der Waals surface area contributed by atoms with E-state index in [0.29, 0.717) is 37.2 Å². The fourth-order valence-electron chi connectivity index (χ4n) is 4.85. The zero-order valence-corrected chi connectivity index (χ0v) is 19.5. The van der Waals surface area contributed by atoms with Crippen LogP contribution in [0.5, 0.6) is 5.75 Å². The van der Waals surface area contributed by atoms with E-state index in [1.165, 1.54) is 0 Å². The van der Waals surface area contributed by atoms with Gasteiger partial charge in [-0.3, -0.25) is 9.69 Å². The molecule has 0 aromatic heterocycles. The number of likely N-dealkylation sites (tertiary alicyclic amines) is 1. The van der Waals surface area contributed by atoms with Gasteiger partial charge in [-0.1, -0.05) is 43.0 Å². The van der Waals surface area contributed by atoms with Crippen molar-refractivity contribution in [2.45, 2.75) is 56.7 Å². The number of halogens is 1. The van der Waals surface area contributed by atoms with Crippen molar-refractivity contribution in [3.05, 3.63) is 71.8 Å². The second kappa shape index (κ2) is 10.8. The third kappa shape index (κ3) is 5.66. The maximum absolute atomic E-state index is 14.1. The summed E-state index contributed by atoms with van der Waals surface area (Å²) >= 11 is 0. The Morgan fingerprint density at radius 2 is 1.85 bits per heavy atom. The lowest BCUT2D eigenvalue weighted by atomic mass is 9.73.